The van der Waals surface area contributed by atoms with Crippen LogP contribution in [0.4, 0.5) is 0 Å². The van der Waals surface area contributed by atoms with Crippen LogP contribution in [0.5, 0.6) is 0 Å². The van der Waals surface area contributed by atoms with E-state index in [1.807, 2.05) is 6.92 Å². The third kappa shape index (κ3) is 9.44. The third-order valence-corrected chi connectivity index (χ3v) is 1.62. The number of nitrogens with two attached hydrogens (primary N) is 1. The second-order valence-corrected chi connectivity index (χ2v) is 3.21. The van der Waals surface area contributed by atoms with E-state index in [4.69, 9.17) is 5.73 Å². The van der Waals surface area contributed by atoms with Crippen molar-refractivity contribution in [3.05, 3.63) is 24.3 Å². The summed E-state index contributed by atoms with van der Waals surface area (Å²) in [7, 11) is 0. The molecule has 1 atom stereocenters. The molecule has 12 heavy (non-hydrogen) atoms. The summed E-state index contributed by atoms with van der Waals surface area (Å²) >= 11 is 0. The predicted octanol–water partition coefficient (Wildman–Crippen LogP) is 3.03. The Balaban J connectivity index is 3.27. The molecule has 1 unspecified atom stereocenters. The van der Waals surface area contributed by atoms with Gasteiger partial charge in [-0.05, 0) is 19.8 Å². The lowest BCUT2D eigenvalue weighted by molar-refractivity contribution is 0.757. The molecule has 0 fully saturated rings. The van der Waals surface area contributed by atoms with E-state index >= 15 is 0 Å². The van der Waals surface area contributed by atoms with Gasteiger partial charge in [-0.15, -0.1) is 0 Å². The molecule has 0 spiro atoms. The maximum atomic E-state index is 5.58. The van der Waals surface area contributed by atoms with Crippen molar-refractivity contribution in [1.82, 2.24) is 0 Å². The molecule has 0 aromatic heterocycles. The normalized spacial score (nSPS) is 14.6. The SMILES string of the molecule is CCCC/C=C/C=C/CC(C)N. The lowest BCUT2D eigenvalue weighted by atomic mass is 10.2. The number of allylic oxidation sites excluding steroid dienone is 3. The second-order valence-electron chi connectivity index (χ2n) is 3.21. The molecule has 0 aromatic rings. The minimum Gasteiger partial charge on any atom is -0.328 e. The smallest absolute Gasteiger partial charge is 0.00451 e. The summed E-state index contributed by atoms with van der Waals surface area (Å²) in [5, 5.41) is 0. The van der Waals surface area contributed by atoms with Gasteiger partial charge in [-0.1, -0.05) is 44.1 Å². The summed E-state index contributed by atoms with van der Waals surface area (Å²) in [5.41, 5.74) is 5.58. The van der Waals surface area contributed by atoms with Crippen molar-refractivity contribution in [3.63, 3.8) is 0 Å². The molecule has 0 aromatic carbocycles. The largest absolute Gasteiger partial charge is 0.328 e. The predicted molar refractivity (Wildman–Crippen MR) is 56.1 cm³/mol. The molecule has 0 heterocycles. The Kier molecular flexibility index (Phi) is 8.14. The Bertz CT molecular complexity index is 134. The molecule has 0 aliphatic carbocycles. The van der Waals surface area contributed by atoms with Crippen molar-refractivity contribution in [3.8, 4) is 0 Å². The topological polar surface area (TPSA) is 26.0 Å². The summed E-state index contributed by atoms with van der Waals surface area (Å²) < 4.78 is 0. The highest BCUT2D eigenvalue weighted by Crippen LogP contribution is 1.95. The molecule has 0 rings (SSSR count). The zero-order valence-corrected chi connectivity index (χ0v) is 8.29. The van der Waals surface area contributed by atoms with E-state index in [2.05, 4.69) is 31.2 Å². The van der Waals surface area contributed by atoms with E-state index in [0.29, 0.717) is 0 Å². The summed E-state index contributed by atoms with van der Waals surface area (Å²) in [4.78, 5) is 0. The summed E-state index contributed by atoms with van der Waals surface area (Å²) in [5.74, 6) is 0. The summed E-state index contributed by atoms with van der Waals surface area (Å²) in [6, 6.07) is 0.283. The van der Waals surface area contributed by atoms with Crippen LogP contribution in [0.15, 0.2) is 24.3 Å². The van der Waals surface area contributed by atoms with Gasteiger partial charge >= 0.3 is 0 Å². The van der Waals surface area contributed by atoms with Crippen LogP contribution >= 0.6 is 0 Å². The lowest BCUT2D eigenvalue weighted by Gasteiger charge is -1.95. The van der Waals surface area contributed by atoms with Gasteiger partial charge in [0.05, 0.1) is 0 Å². The molecule has 1 nitrogen and oxygen atoms in total. The van der Waals surface area contributed by atoms with Crippen molar-refractivity contribution < 1.29 is 0 Å². The monoisotopic (exact) mass is 167 g/mol. The first-order chi connectivity index (χ1) is 5.77. The van der Waals surface area contributed by atoms with Crippen LogP contribution in [0.25, 0.3) is 0 Å². The average Bonchev–Trinajstić information content (AvgIpc) is 2.02. The lowest BCUT2D eigenvalue weighted by Crippen LogP contribution is -2.12. The van der Waals surface area contributed by atoms with Crippen LogP contribution in [-0.4, -0.2) is 6.04 Å². The van der Waals surface area contributed by atoms with Crippen LogP contribution in [0.2, 0.25) is 0 Å². The van der Waals surface area contributed by atoms with Gasteiger partial charge in [0, 0.05) is 6.04 Å². The maximum absolute atomic E-state index is 5.58. The average molecular weight is 167 g/mol. The van der Waals surface area contributed by atoms with Crippen molar-refractivity contribution >= 4 is 0 Å². The quantitative estimate of drug-likeness (QED) is 0.477. The highest BCUT2D eigenvalue weighted by Gasteiger charge is 1.84. The van der Waals surface area contributed by atoms with Crippen LogP contribution in [0, 0.1) is 0 Å². The van der Waals surface area contributed by atoms with Crippen molar-refractivity contribution in [2.75, 3.05) is 0 Å². The molecule has 0 amide bonds. The first-order valence-corrected chi connectivity index (χ1v) is 4.84. The molecular weight excluding hydrogens is 146 g/mol. The molecule has 70 valence electrons. The molecule has 0 aliphatic rings. The van der Waals surface area contributed by atoms with E-state index < -0.39 is 0 Å². The van der Waals surface area contributed by atoms with E-state index in [1.165, 1.54) is 19.3 Å². The number of hydrogen-bond acceptors (Lipinski definition) is 1. The van der Waals surface area contributed by atoms with Gasteiger partial charge in [0.2, 0.25) is 0 Å². The summed E-state index contributed by atoms with van der Waals surface area (Å²) in [6.45, 7) is 4.23. The van der Waals surface area contributed by atoms with Gasteiger partial charge in [-0.25, -0.2) is 0 Å². The van der Waals surface area contributed by atoms with Crippen LogP contribution < -0.4 is 5.73 Å². The fraction of sp³-hybridized carbons (Fsp3) is 0.636. The first kappa shape index (κ1) is 11.4. The molecular formula is C11H21N. The Morgan fingerprint density at radius 3 is 2.50 bits per heavy atom. The number of unbranched alkanes of at least 4 members (excludes halogenated alkanes) is 2. The highest BCUT2D eigenvalue weighted by molar-refractivity contribution is 5.02. The van der Waals surface area contributed by atoms with Gasteiger partial charge < -0.3 is 5.73 Å². The van der Waals surface area contributed by atoms with Crippen molar-refractivity contribution in [2.45, 2.75) is 45.6 Å². The van der Waals surface area contributed by atoms with E-state index in [1.54, 1.807) is 0 Å². The van der Waals surface area contributed by atoms with E-state index in [9.17, 15) is 0 Å². The Hall–Kier alpha value is -0.560. The van der Waals surface area contributed by atoms with E-state index in [-0.39, 0.29) is 6.04 Å². The molecule has 0 aliphatic heterocycles. The number of hydrogen-bond donors (Lipinski definition) is 1. The molecule has 1 heteroatoms. The maximum Gasteiger partial charge on any atom is 0.00451 e. The standard InChI is InChI=1S/C11H21N/c1-3-4-5-6-7-8-9-10-11(2)12/h6-9,11H,3-5,10,12H2,1-2H3/b7-6+,9-8+. The molecule has 0 saturated heterocycles. The van der Waals surface area contributed by atoms with E-state index in [0.717, 1.165) is 6.42 Å². The van der Waals surface area contributed by atoms with Gasteiger partial charge in [-0.2, -0.15) is 0 Å². The van der Waals surface area contributed by atoms with Crippen LogP contribution in [-0.2, 0) is 0 Å². The molecule has 0 bridgehead atoms. The summed E-state index contributed by atoms with van der Waals surface area (Å²) in [6.07, 6.45) is 13.2. The van der Waals surface area contributed by atoms with Gasteiger partial charge in [0.15, 0.2) is 0 Å². The zero-order valence-electron chi connectivity index (χ0n) is 8.29. The minimum atomic E-state index is 0.283. The minimum absolute atomic E-state index is 0.283. The van der Waals surface area contributed by atoms with Crippen LogP contribution in [0.1, 0.15) is 39.5 Å². The Morgan fingerprint density at radius 1 is 1.25 bits per heavy atom. The fourth-order valence-electron chi connectivity index (χ4n) is 0.869. The third-order valence-electron chi connectivity index (χ3n) is 1.62. The van der Waals surface area contributed by atoms with Gasteiger partial charge in [-0.3, -0.25) is 0 Å². The Morgan fingerprint density at radius 2 is 1.92 bits per heavy atom. The molecule has 0 saturated carbocycles. The molecule has 0 radical (unpaired) electrons. The fourth-order valence-corrected chi connectivity index (χ4v) is 0.869. The second kappa shape index (κ2) is 8.54. The highest BCUT2D eigenvalue weighted by atomic mass is 14.6. The van der Waals surface area contributed by atoms with Crippen molar-refractivity contribution in [2.24, 2.45) is 5.73 Å². The van der Waals surface area contributed by atoms with Gasteiger partial charge in [0.25, 0.3) is 0 Å². The van der Waals surface area contributed by atoms with Gasteiger partial charge in [0.1, 0.15) is 0 Å². The van der Waals surface area contributed by atoms with Crippen molar-refractivity contribution in [1.29, 1.82) is 0 Å². The van der Waals surface area contributed by atoms with Crippen LogP contribution in [0.3, 0.4) is 0 Å². The first-order valence-electron chi connectivity index (χ1n) is 4.84. The number of rotatable bonds is 6. The Labute approximate surface area is 76.3 Å². The molecule has 2 N–H and O–H groups in total. The zero-order chi connectivity index (χ0) is 9.23.